The molecule has 0 aliphatic heterocycles. The molecule has 0 fully saturated rings. The van der Waals surface area contributed by atoms with Gasteiger partial charge in [0, 0.05) is 12.1 Å². The fourth-order valence-electron chi connectivity index (χ4n) is 1.18. The molecule has 16 heavy (non-hydrogen) atoms. The Hall–Kier alpha value is -1.26. The average Bonchev–Trinajstić information content (AvgIpc) is 2.15. The maximum Gasteiger partial charge on any atom is 0.315 e. The first kappa shape index (κ1) is 14.7. The molecular weight excluding hydrogens is 208 g/mol. The molecule has 3 N–H and O–H groups in total. The van der Waals surface area contributed by atoms with Gasteiger partial charge in [0.2, 0.25) is 0 Å². The van der Waals surface area contributed by atoms with Crippen molar-refractivity contribution >= 4 is 12.0 Å². The van der Waals surface area contributed by atoms with Gasteiger partial charge in [-0.05, 0) is 19.3 Å². The fourth-order valence-corrected chi connectivity index (χ4v) is 1.18. The van der Waals surface area contributed by atoms with E-state index in [0.29, 0.717) is 0 Å². The lowest BCUT2D eigenvalue weighted by Crippen LogP contribution is -2.47. The highest BCUT2D eigenvalue weighted by Crippen LogP contribution is 2.06. The Kier molecular flexibility index (Phi) is 6.53. The molecule has 5 heteroatoms. The number of nitrogens with one attached hydrogen (secondary N) is 2. The van der Waals surface area contributed by atoms with E-state index >= 15 is 0 Å². The quantitative estimate of drug-likeness (QED) is 0.648. The van der Waals surface area contributed by atoms with Crippen molar-refractivity contribution in [2.24, 2.45) is 5.92 Å². The van der Waals surface area contributed by atoms with Crippen molar-refractivity contribution in [3.8, 4) is 0 Å². The molecule has 2 unspecified atom stereocenters. The maximum absolute atomic E-state index is 11.5. The van der Waals surface area contributed by atoms with Gasteiger partial charge in [-0.3, -0.25) is 4.79 Å². The molecule has 0 saturated carbocycles. The van der Waals surface area contributed by atoms with E-state index in [9.17, 15) is 9.59 Å². The Morgan fingerprint density at radius 3 is 2.12 bits per heavy atom. The zero-order valence-electron chi connectivity index (χ0n) is 10.4. The monoisotopic (exact) mass is 230 g/mol. The van der Waals surface area contributed by atoms with Crippen molar-refractivity contribution in [1.29, 1.82) is 0 Å². The number of aliphatic carboxylic acids is 1. The van der Waals surface area contributed by atoms with Gasteiger partial charge >= 0.3 is 12.0 Å². The molecule has 2 amide bonds. The smallest absolute Gasteiger partial charge is 0.315 e. The van der Waals surface area contributed by atoms with Crippen LogP contribution in [0.25, 0.3) is 0 Å². The number of hydrogen-bond acceptors (Lipinski definition) is 2. The number of amides is 2. The van der Waals surface area contributed by atoms with Gasteiger partial charge in [-0.25, -0.2) is 4.79 Å². The number of hydrogen-bond donors (Lipinski definition) is 3. The summed E-state index contributed by atoms with van der Waals surface area (Å²) in [7, 11) is 0. The van der Waals surface area contributed by atoms with Gasteiger partial charge in [0.05, 0.1) is 6.42 Å². The van der Waals surface area contributed by atoms with E-state index in [1.54, 1.807) is 0 Å². The molecule has 0 saturated heterocycles. The summed E-state index contributed by atoms with van der Waals surface area (Å²) in [6.45, 7) is 7.65. The van der Waals surface area contributed by atoms with E-state index < -0.39 is 5.97 Å². The highest BCUT2D eigenvalue weighted by atomic mass is 16.4. The van der Waals surface area contributed by atoms with Gasteiger partial charge in [-0.1, -0.05) is 20.8 Å². The summed E-state index contributed by atoms with van der Waals surface area (Å²) < 4.78 is 0. The standard InChI is InChI=1S/C11H22N2O3/c1-5-8(4)12-11(16)13-9(7(2)3)6-10(14)15/h7-9H,5-6H2,1-4H3,(H,14,15)(H2,12,13,16). The topological polar surface area (TPSA) is 78.4 Å². The molecular formula is C11H22N2O3. The average molecular weight is 230 g/mol. The molecule has 2 atom stereocenters. The Morgan fingerprint density at radius 1 is 1.19 bits per heavy atom. The summed E-state index contributed by atoms with van der Waals surface area (Å²) in [5.74, 6) is -0.804. The van der Waals surface area contributed by atoms with Crippen LogP contribution in [0.1, 0.15) is 40.5 Å². The van der Waals surface area contributed by atoms with E-state index in [1.165, 1.54) is 0 Å². The summed E-state index contributed by atoms with van der Waals surface area (Å²) in [5, 5.41) is 14.1. The molecule has 0 aromatic carbocycles. The van der Waals surface area contributed by atoms with Crippen LogP contribution in [0.5, 0.6) is 0 Å². The third-order valence-corrected chi connectivity index (χ3v) is 2.51. The van der Waals surface area contributed by atoms with Crippen molar-refractivity contribution in [2.75, 3.05) is 0 Å². The lowest BCUT2D eigenvalue weighted by Gasteiger charge is -2.22. The normalized spacial score (nSPS) is 14.3. The molecule has 0 heterocycles. The minimum atomic E-state index is -0.900. The first-order chi connectivity index (χ1) is 7.36. The van der Waals surface area contributed by atoms with Crippen molar-refractivity contribution in [2.45, 2.75) is 52.6 Å². The Morgan fingerprint density at radius 2 is 1.75 bits per heavy atom. The minimum Gasteiger partial charge on any atom is -0.481 e. The van der Waals surface area contributed by atoms with Crippen molar-refractivity contribution in [3.05, 3.63) is 0 Å². The second-order valence-corrected chi connectivity index (χ2v) is 4.38. The lowest BCUT2D eigenvalue weighted by molar-refractivity contribution is -0.137. The summed E-state index contributed by atoms with van der Waals surface area (Å²) in [4.78, 5) is 22.1. The predicted molar refractivity (Wildman–Crippen MR) is 62.3 cm³/mol. The molecule has 5 nitrogen and oxygen atoms in total. The second-order valence-electron chi connectivity index (χ2n) is 4.38. The Labute approximate surface area is 96.6 Å². The van der Waals surface area contributed by atoms with Crippen LogP contribution in [0.15, 0.2) is 0 Å². The van der Waals surface area contributed by atoms with Crippen LogP contribution < -0.4 is 10.6 Å². The van der Waals surface area contributed by atoms with Gasteiger partial charge in [0.1, 0.15) is 0 Å². The largest absolute Gasteiger partial charge is 0.481 e. The highest BCUT2D eigenvalue weighted by Gasteiger charge is 2.19. The van der Waals surface area contributed by atoms with Crippen molar-refractivity contribution < 1.29 is 14.7 Å². The number of rotatable bonds is 6. The summed E-state index contributed by atoms with van der Waals surface area (Å²) in [6.07, 6.45) is 0.796. The number of urea groups is 1. The van der Waals surface area contributed by atoms with E-state index in [0.717, 1.165) is 6.42 Å². The van der Waals surface area contributed by atoms with E-state index in [2.05, 4.69) is 10.6 Å². The van der Waals surface area contributed by atoms with Gasteiger partial charge < -0.3 is 15.7 Å². The zero-order chi connectivity index (χ0) is 12.7. The zero-order valence-corrected chi connectivity index (χ0v) is 10.4. The molecule has 0 spiro atoms. The second kappa shape index (κ2) is 7.09. The van der Waals surface area contributed by atoms with Crippen LogP contribution in [0.4, 0.5) is 4.79 Å². The van der Waals surface area contributed by atoms with Crippen molar-refractivity contribution in [1.82, 2.24) is 10.6 Å². The molecule has 0 aliphatic rings. The first-order valence-corrected chi connectivity index (χ1v) is 5.65. The van der Waals surface area contributed by atoms with E-state index in [4.69, 9.17) is 5.11 Å². The highest BCUT2D eigenvalue weighted by molar-refractivity contribution is 5.76. The third-order valence-electron chi connectivity index (χ3n) is 2.51. The molecule has 0 radical (unpaired) electrons. The van der Waals surface area contributed by atoms with Crippen LogP contribution in [0, 0.1) is 5.92 Å². The molecule has 0 aromatic heterocycles. The van der Waals surface area contributed by atoms with Crippen LogP contribution in [-0.4, -0.2) is 29.2 Å². The SMILES string of the molecule is CCC(C)NC(=O)NC(CC(=O)O)C(C)C. The van der Waals surface area contributed by atoms with Gasteiger partial charge in [0.25, 0.3) is 0 Å². The first-order valence-electron chi connectivity index (χ1n) is 5.65. The molecule has 0 aromatic rings. The van der Waals surface area contributed by atoms with Gasteiger partial charge in [-0.2, -0.15) is 0 Å². The molecule has 0 aliphatic carbocycles. The minimum absolute atomic E-state index is 0.0500. The number of carboxylic acid groups (broad SMARTS) is 1. The number of carbonyl (C=O) groups excluding carboxylic acids is 1. The van der Waals surface area contributed by atoms with Crippen molar-refractivity contribution in [3.63, 3.8) is 0 Å². The summed E-state index contributed by atoms with van der Waals surface area (Å²) >= 11 is 0. The molecule has 94 valence electrons. The van der Waals surface area contributed by atoms with E-state index in [-0.39, 0.29) is 30.5 Å². The molecule has 0 rings (SSSR count). The third kappa shape index (κ3) is 6.27. The maximum atomic E-state index is 11.5. The van der Waals surface area contributed by atoms with E-state index in [1.807, 2.05) is 27.7 Å². The van der Waals surface area contributed by atoms with Gasteiger partial charge in [0.15, 0.2) is 0 Å². The number of carbonyl (C=O) groups is 2. The Bertz CT molecular complexity index is 241. The van der Waals surface area contributed by atoms with Crippen LogP contribution in [0.3, 0.4) is 0 Å². The van der Waals surface area contributed by atoms with Gasteiger partial charge in [-0.15, -0.1) is 0 Å². The van der Waals surface area contributed by atoms with Crippen LogP contribution in [0.2, 0.25) is 0 Å². The summed E-state index contributed by atoms with van der Waals surface area (Å²) in [5.41, 5.74) is 0. The predicted octanol–water partition coefficient (Wildman–Crippen LogP) is 1.58. The Balaban J connectivity index is 4.18. The van der Waals surface area contributed by atoms with Crippen LogP contribution in [-0.2, 0) is 4.79 Å². The van der Waals surface area contributed by atoms with Crippen LogP contribution >= 0.6 is 0 Å². The number of carboxylic acids is 1. The molecule has 0 bridgehead atoms. The fraction of sp³-hybridized carbons (Fsp3) is 0.818. The lowest BCUT2D eigenvalue weighted by atomic mass is 10.0. The summed E-state index contributed by atoms with van der Waals surface area (Å²) in [6, 6.07) is -0.534.